The molecule has 4 heteroatoms. The third kappa shape index (κ3) is 4.76. The molecule has 1 amide bonds. The first-order valence-corrected chi connectivity index (χ1v) is 10.2. The van der Waals surface area contributed by atoms with Gasteiger partial charge in [0.15, 0.2) is 0 Å². The number of amides is 1. The number of aromatic nitrogens is 1. The fraction of sp³-hybridized carbons (Fsp3) is 0.0769. The molecule has 3 aromatic carbocycles. The minimum absolute atomic E-state index is 0.113. The standard InChI is InChI=1S/C26H21ClN2O/c27-25-13-12-23(26(30)29-16-14-19-5-4-15-28-18-19)17-24(25)22-10-8-21(9-11-22)20-6-2-1-3-7-20/h1-13,15,17-18H,14,16H2,(H,29,30). The van der Waals surface area contributed by atoms with Gasteiger partial charge in [-0.05, 0) is 52.9 Å². The zero-order valence-corrected chi connectivity index (χ0v) is 17.1. The zero-order chi connectivity index (χ0) is 20.8. The normalized spacial score (nSPS) is 10.6. The average Bonchev–Trinajstić information content (AvgIpc) is 2.81. The molecular weight excluding hydrogens is 392 g/mol. The maximum atomic E-state index is 12.6. The lowest BCUT2D eigenvalue weighted by molar-refractivity contribution is 0.0954. The van der Waals surface area contributed by atoms with Crippen LogP contribution in [-0.4, -0.2) is 17.4 Å². The molecule has 0 saturated carbocycles. The molecule has 0 unspecified atom stereocenters. The summed E-state index contributed by atoms with van der Waals surface area (Å²) in [6.45, 7) is 0.550. The second-order valence-electron chi connectivity index (χ2n) is 7.01. The van der Waals surface area contributed by atoms with Crippen molar-refractivity contribution in [3.8, 4) is 22.3 Å². The van der Waals surface area contributed by atoms with Crippen molar-refractivity contribution in [3.63, 3.8) is 0 Å². The number of pyridine rings is 1. The van der Waals surface area contributed by atoms with E-state index < -0.39 is 0 Å². The lowest BCUT2D eigenvalue weighted by Crippen LogP contribution is -2.25. The van der Waals surface area contributed by atoms with Crippen LogP contribution in [0.2, 0.25) is 5.02 Å². The quantitative estimate of drug-likeness (QED) is 0.419. The molecular formula is C26H21ClN2O. The number of carbonyl (C=O) groups is 1. The molecule has 30 heavy (non-hydrogen) atoms. The predicted molar refractivity (Wildman–Crippen MR) is 123 cm³/mol. The Morgan fingerprint density at radius 3 is 2.30 bits per heavy atom. The molecule has 148 valence electrons. The Bertz CT molecular complexity index is 1130. The van der Waals surface area contributed by atoms with Crippen LogP contribution in [0.25, 0.3) is 22.3 Å². The van der Waals surface area contributed by atoms with Crippen molar-refractivity contribution < 1.29 is 4.79 Å². The average molecular weight is 413 g/mol. The molecule has 4 rings (SSSR count). The Kier molecular flexibility index (Phi) is 6.21. The van der Waals surface area contributed by atoms with Gasteiger partial charge < -0.3 is 5.32 Å². The number of rotatable bonds is 6. The lowest BCUT2D eigenvalue weighted by Gasteiger charge is -2.10. The number of hydrogen-bond acceptors (Lipinski definition) is 2. The molecule has 0 bridgehead atoms. The summed E-state index contributed by atoms with van der Waals surface area (Å²) in [5, 5.41) is 3.59. The van der Waals surface area contributed by atoms with Crippen molar-refractivity contribution in [1.82, 2.24) is 10.3 Å². The topological polar surface area (TPSA) is 42.0 Å². The van der Waals surface area contributed by atoms with E-state index in [4.69, 9.17) is 11.6 Å². The monoisotopic (exact) mass is 412 g/mol. The Labute approximate surface area is 181 Å². The summed E-state index contributed by atoms with van der Waals surface area (Å²) >= 11 is 6.44. The number of benzene rings is 3. The van der Waals surface area contributed by atoms with Crippen LogP contribution in [0, 0.1) is 0 Å². The fourth-order valence-corrected chi connectivity index (χ4v) is 3.56. The molecule has 1 N–H and O–H groups in total. The Morgan fingerprint density at radius 1 is 0.833 bits per heavy atom. The number of hydrogen-bond donors (Lipinski definition) is 1. The van der Waals surface area contributed by atoms with Gasteiger partial charge in [-0.2, -0.15) is 0 Å². The number of nitrogens with zero attached hydrogens (tertiary/aromatic N) is 1. The molecule has 0 aliphatic rings. The van der Waals surface area contributed by atoms with Crippen molar-refractivity contribution in [1.29, 1.82) is 0 Å². The summed E-state index contributed by atoms with van der Waals surface area (Å²) in [6, 6.07) is 27.7. The summed E-state index contributed by atoms with van der Waals surface area (Å²) < 4.78 is 0. The van der Waals surface area contributed by atoms with Crippen molar-refractivity contribution in [2.75, 3.05) is 6.54 Å². The summed E-state index contributed by atoms with van der Waals surface area (Å²) in [4.78, 5) is 16.7. The summed E-state index contributed by atoms with van der Waals surface area (Å²) in [6.07, 6.45) is 4.29. The van der Waals surface area contributed by atoms with Gasteiger partial charge in [-0.15, -0.1) is 0 Å². The van der Waals surface area contributed by atoms with E-state index >= 15 is 0 Å². The molecule has 0 fully saturated rings. The second kappa shape index (κ2) is 9.38. The summed E-state index contributed by atoms with van der Waals surface area (Å²) in [7, 11) is 0. The van der Waals surface area contributed by atoms with Crippen molar-refractivity contribution >= 4 is 17.5 Å². The predicted octanol–water partition coefficient (Wildman–Crippen LogP) is 6.04. The van der Waals surface area contributed by atoms with Crippen molar-refractivity contribution in [2.24, 2.45) is 0 Å². The van der Waals surface area contributed by atoms with Gasteiger partial charge in [-0.1, -0.05) is 72.3 Å². The van der Waals surface area contributed by atoms with Crippen LogP contribution in [0.15, 0.2) is 97.3 Å². The van der Waals surface area contributed by atoms with Gasteiger partial charge in [0, 0.05) is 35.1 Å². The van der Waals surface area contributed by atoms with Gasteiger partial charge in [0.05, 0.1) is 0 Å². The van der Waals surface area contributed by atoms with E-state index in [1.165, 1.54) is 0 Å². The van der Waals surface area contributed by atoms with Crippen LogP contribution in [0.5, 0.6) is 0 Å². The van der Waals surface area contributed by atoms with E-state index in [1.54, 1.807) is 18.3 Å². The molecule has 0 saturated heterocycles. The van der Waals surface area contributed by atoms with Gasteiger partial charge in [-0.3, -0.25) is 9.78 Å². The van der Waals surface area contributed by atoms with Gasteiger partial charge >= 0.3 is 0 Å². The van der Waals surface area contributed by atoms with Crippen LogP contribution in [0.3, 0.4) is 0 Å². The molecule has 3 nitrogen and oxygen atoms in total. The molecule has 1 heterocycles. The zero-order valence-electron chi connectivity index (χ0n) is 16.4. The minimum atomic E-state index is -0.113. The van der Waals surface area contributed by atoms with Crippen molar-refractivity contribution in [2.45, 2.75) is 6.42 Å². The van der Waals surface area contributed by atoms with E-state index in [9.17, 15) is 4.79 Å². The molecule has 0 aliphatic carbocycles. The van der Waals surface area contributed by atoms with Crippen LogP contribution >= 0.6 is 11.6 Å². The highest BCUT2D eigenvalue weighted by molar-refractivity contribution is 6.33. The first-order valence-electron chi connectivity index (χ1n) is 9.83. The third-order valence-electron chi connectivity index (χ3n) is 4.95. The molecule has 0 spiro atoms. The maximum Gasteiger partial charge on any atom is 0.251 e. The Morgan fingerprint density at radius 2 is 1.57 bits per heavy atom. The first-order chi connectivity index (χ1) is 14.7. The van der Waals surface area contributed by atoms with E-state index in [-0.39, 0.29) is 5.91 Å². The van der Waals surface area contributed by atoms with Gasteiger partial charge in [0.2, 0.25) is 0 Å². The molecule has 0 aliphatic heterocycles. The van der Waals surface area contributed by atoms with E-state index in [1.807, 2.05) is 54.7 Å². The smallest absolute Gasteiger partial charge is 0.251 e. The first kappa shape index (κ1) is 19.9. The number of halogens is 1. The van der Waals surface area contributed by atoms with Gasteiger partial charge in [-0.25, -0.2) is 0 Å². The largest absolute Gasteiger partial charge is 0.352 e. The van der Waals surface area contributed by atoms with Crippen LogP contribution in [0.1, 0.15) is 15.9 Å². The minimum Gasteiger partial charge on any atom is -0.352 e. The van der Waals surface area contributed by atoms with Crippen molar-refractivity contribution in [3.05, 3.63) is 113 Å². The molecule has 0 atom stereocenters. The van der Waals surface area contributed by atoms with Gasteiger partial charge in [0.25, 0.3) is 5.91 Å². The third-order valence-corrected chi connectivity index (χ3v) is 5.28. The van der Waals surface area contributed by atoms with Crippen LogP contribution < -0.4 is 5.32 Å². The summed E-state index contributed by atoms with van der Waals surface area (Å²) in [5.41, 5.74) is 5.80. The lowest BCUT2D eigenvalue weighted by atomic mass is 9.99. The fourth-order valence-electron chi connectivity index (χ4n) is 3.33. The second-order valence-corrected chi connectivity index (χ2v) is 7.41. The highest BCUT2D eigenvalue weighted by atomic mass is 35.5. The number of carbonyl (C=O) groups excluding carboxylic acids is 1. The molecule has 4 aromatic rings. The highest BCUT2D eigenvalue weighted by Crippen LogP contribution is 2.31. The van der Waals surface area contributed by atoms with Crippen LogP contribution in [0.4, 0.5) is 0 Å². The highest BCUT2D eigenvalue weighted by Gasteiger charge is 2.11. The Hall–Kier alpha value is -3.43. The SMILES string of the molecule is O=C(NCCc1cccnc1)c1ccc(Cl)c(-c2ccc(-c3ccccc3)cc2)c1. The number of nitrogens with one attached hydrogen (secondary N) is 1. The molecule has 0 radical (unpaired) electrons. The maximum absolute atomic E-state index is 12.6. The molecule has 1 aromatic heterocycles. The van der Waals surface area contributed by atoms with Crippen LogP contribution in [-0.2, 0) is 6.42 Å². The summed E-state index contributed by atoms with van der Waals surface area (Å²) in [5.74, 6) is -0.113. The van der Waals surface area contributed by atoms with E-state index in [2.05, 4.69) is 34.6 Å². The van der Waals surface area contributed by atoms with E-state index in [0.29, 0.717) is 17.1 Å². The van der Waals surface area contributed by atoms with Gasteiger partial charge in [0.1, 0.15) is 0 Å². The Balaban J connectivity index is 1.48. The van der Waals surface area contributed by atoms with E-state index in [0.717, 1.165) is 34.2 Å².